The number of piperidine rings is 1. The van der Waals surface area contributed by atoms with Crippen LogP contribution in [0.25, 0.3) is 10.2 Å². The first kappa shape index (κ1) is 17.7. The van der Waals surface area contributed by atoms with Crippen LogP contribution in [0.4, 0.5) is 5.13 Å². The summed E-state index contributed by atoms with van der Waals surface area (Å²) in [5.41, 5.74) is 0.542. The zero-order chi connectivity index (χ0) is 18.3. The highest BCUT2D eigenvalue weighted by Crippen LogP contribution is 2.35. The average molecular weight is 394 g/mol. The summed E-state index contributed by atoms with van der Waals surface area (Å²) in [6.45, 7) is 3.23. The first-order valence-electron chi connectivity index (χ1n) is 9.07. The molecule has 1 atom stereocenters. The molecular weight excluding hydrogens is 370 g/mol. The lowest BCUT2D eigenvalue weighted by atomic mass is 10.0. The number of rotatable bonds is 3. The van der Waals surface area contributed by atoms with Gasteiger partial charge >= 0.3 is 0 Å². The van der Waals surface area contributed by atoms with E-state index in [4.69, 9.17) is 0 Å². The third kappa shape index (κ3) is 3.32. The van der Waals surface area contributed by atoms with Gasteiger partial charge in [-0.1, -0.05) is 17.4 Å². The van der Waals surface area contributed by atoms with Gasteiger partial charge < -0.3 is 9.80 Å². The Morgan fingerprint density at radius 1 is 1.19 bits per heavy atom. The number of aromatic nitrogens is 1. The predicted octanol–water partition coefficient (Wildman–Crippen LogP) is 2.54. The molecular formula is C18H23N3O3S2. The van der Waals surface area contributed by atoms with Crippen LogP contribution in [0.5, 0.6) is 0 Å². The van der Waals surface area contributed by atoms with Crippen molar-refractivity contribution in [2.45, 2.75) is 30.6 Å². The number of para-hydroxylation sites is 1. The Morgan fingerprint density at radius 2 is 1.96 bits per heavy atom. The van der Waals surface area contributed by atoms with Gasteiger partial charge in [0.05, 0.1) is 15.5 Å². The monoisotopic (exact) mass is 393 g/mol. The number of likely N-dealkylation sites (tertiary alicyclic amines) is 1. The summed E-state index contributed by atoms with van der Waals surface area (Å²) in [4.78, 5) is 21.8. The van der Waals surface area contributed by atoms with Crippen LogP contribution < -0.4 is 4.90 Å². The van der Waals surface area contributed by atoms with E-state index in [1.807, 2.05) is 11.0 Å². The van der Waals surface area contributed by atoms with Crippen LogP contribution in [-0.2, 0) is 14.6 Å². The van der Waals surface area contributed by atoms with Crippen molar-refractivity contribution in [1.82, 2.24) is 9.88 Å². The SMILES string of the molecule is CS(=O)(=O)c1cccc2sc(N3CCC(C(=O)N4CCCCC4)C3)nc12. The van der Waals surface area contributed by atoms with Crippen molar-refractivity contribution in [2.75, 3.05) is 37.3 Å². The van der Waals surface area contributed by atoms with Crippen LogP contribution in [0.2, 0.25) is 0 Å². The number of anilines is 1. The van der Waals surface area contributed by atoms with Gasteiger partial charge in [-0.3, -0.25) is 4.79 Å². The summed E-state index contributed by atoms with van der Waals surface area (Å²) in [5, 5.41) is 0.810. The normalized spacial score (nSPS) is 21.5. The van der Waals surface area contributed by atoms with Crippen molar-refractivity contribution in [2.24, 2.45) is 5.92 Å². The van der Waals surface area contributed by atoms with Gasteiger partial charge in [-0.25, -0.2) is 13.4 Å². The predicted molar refractivity (Wildman–Crippen MR) is 103 cm³/mol. The molecule has 4 rings (SSSR count). The Bertz CT molecular complexity index is 932. The summed E-state index contributed by atoms with van der Waals surface area (Å²) >= 11 is 1.50. The van der Waals surface area contributed by atoms with Gasteiger partial charge in [0.25, 0.3) is 0 Å². The summed E-state index contributed by atoms with van der Waals surface area (Å²) in [6.07, 6.45) is 5.48. The van der Waals surface area contributed by atoms with Gasteiger partial charge in [0.15, 0.2) is 15.0 Å². The number of hydrogen-bond donors (Lipinski definition) is 0. The van der Waals surface area contributed by atoms with Gasteiger partial charge in [0.1, 0.15) is 5.52 Å². The molecule has 0 saturated carbocycles. The van der Waals surface area contributed by atoms with Crippen LogP contribution in [0.1, 0.15) is 25.7 Å². The maximum atomic E-state index is 12.7. The summed E-state index contributed by atoms with van der Waals surface area (Å²) < 4.78 is 24.9. The molecule has 0 spiro atoms. The molecule has 1 aromatic carbocycles. The minimum Gasteiger partial charge on any atom is -0.347 e. The Hall–Kier alpha value is -1.67. The third-order valence-corrected chi connectivity index (χ3v) is 7.46. The van der Waals surface area contributed by atoms with E-state index in [2.05, 4.69) is 9.88 Å². The van der Waals surface area contributed by atoms with Gasteiger partial charge in [-0.2, -0.15) is 0 Å². The third-order valence-electron chi connectivity index (χ3n) is 5.25. The zero-order valence-corrected chi connectivity index (χ0v) is 16.5. The van der Waals surface area contributed by atoms with Gasteiger partial charge in [-0.05, 0) is 37.8 Å². The second-order valence-electron chi connectivity index (χ2n) is 7.19. The molecule has 140 valence electrons. The van der Waals surface area contributed by atoms with E-state index in [-0.39, 0.29) is 16.7 Å². The molecule has 8 heteroatoms. The Balaban J connectivity index is 1.55. The van der Waals surface area contributed by atoms with E-state index in [0.29, 0.717) is 12.1 Å². The van der Waals surface area contributed by atoms with E-state index in [1.165, 1.54) is 24.0 Å². The number of carbonyl (C=O) groups is 1. The van der Waals surface area contributed by atoms with Crippen molar-refractivity contribution < 1.29 is 13.2 Å². The highest BCUT2D eigenvalue weighted by atomic mass is 32.2. The molecule has 1 unspecified atom stereocenters. The number of sulfone groups is 1. The van der Waals surface area contributed by atoms with Crippen LogP contribution >= 0.6 is 11.3 Å². The second kappa shape index (κ2) is 6.81. The number of fused-ring (bicyclic) bond motifs is 1. The van der Waals surface area contributed by atoms with Crippen LogP contribution in [0.3, 0.4) is 0 Å². The van der Waals surface area contributed by atoms with Crippen molar-refractivity contribution >= 4 is 42.4 Å². The fraction of sp³-hybridized carbons (Fsp3) is 0.556. The van der Waals surface area contributed by atoms with Crippen molar-refractivity contribution in [3.05, 3.63) is 18.2 Å². The van der Waals surface area contributed by atoms with Crippen molar-refractivity contribution in [3.8, 4) is 0 Å². The molecule has 26 heavy (non-hydrogen) atoms. The topological polar surface area (TPSA) is 70.6 Å². The van der Waals surface area contributed by atoms with Crippen LogP contribution in [-0.4, -0.2) is 56.6 Å². The molecule has 0 aliphatic carbocycles. The second-order valence-corrected chi connectivity index (χ2v) is 10.2. The lowest BCUT2D eigenvalue weighted by Crippen LogP contribution is -2.40. The molecule has 2 saturated heterocycles. The van der Waals surface area contributed by atoms with E-state index in [1.54, 1.807) is 12.1 Å². The fourth-order valence-corrected chi connectivity index (χ4v) is 5.78. The number of hydrogen-bond acceptors (Lipinski definition) is 6. The van der Waals surface area contributed by atoms with Crippen LogP contribution in [0, 0.1) is 5.92 Å². The summed E-state index contributed by atoms with van der Waals surface area (Å²) in [5.74, 6) is 0.291. The van der Waals surface area contributed by atoms with Crippen LogP contribution in [0.15, 0.2) is 23.1 Å². The number of amides is 1. The molecule has 0 N–H and O–H groups in total. The maximum absolute atomic E-state index is 12.7. The molecule has 6 nitrogen and oxygen atoms in total. The molecule has 2 aliphatic rings. The Kier molecular flexibility index (Phi) is 4.64. The van der Waals surface area contributed by atoms with Gasteiger partial charge in [0.2, 0.25) is 5.91 Å². The summed E-state index contributed by atoms with van der Waals surface area (Å²) in [6, 6.07) is 5.26. The fourth-order valence-electron chi connectivity index (χ4n) is 3.85. The molecule has 0 radical (unpaired) electrons. The van der Waals surface area contributed by atoms with E-state index in [0.717, 1.165) is 48.7 Å². The highest BCUT2D eigenvalue weighted by molar-refractivity contribution is 7.91. The lowest BCUT2D eigenvalue weighted by Gasteiger charge is -2.29. The average Bonchev–Trinajstić information content (AvgIpc) is 3.27. The number of benzene rings is 1. The smallest absolute Gasteiger partial charge is 0.227 e. The maximum Gasteiger partial charge on any atom is 0.227 e. The van der Waals surface area contributed by atoms with E-state index < -0.39 is 9.84 Å². The van der Waals surface area contributed by atoms with Gasteiger partial charge in [0, 0.05) is 32.4 Å². The molecule has 2 aromatic rings. The molecule has 0 bridgehead atoms. The first-order chi connectivity index (χ1) is 12.4. The largest absolute Gasteiger partial charge is 0.347 e. The van der Waals surface area contributed by atoms with Crippen molar-refractivity contribution in [3.63, 3.8) is 0 Å². The first-order valence-corrected chi connectivity index (χ1v) is 11.8. The van der Waals surface area contributed by atoms with E-state index >= 15 is 0 Å². The number of thiazole rings is 1. The number of nitrogens with zero attached hydrogens (tertiary/aromatic N) is 3. The molecule has 2 fully saturated rings. The molecule has 1 amide bonds. The quantitative estimate of drug-likeness (QED) is 0.801. The Morgan fingerprint density at radius 3 is 2.69 bits per heavy atom. The molecule has 2 aliphatic heterocycles. The van der Waals surface area contributed by atoms with E-state index in [9.17, 15) is 13.2 Å². The standard InChI is InChI=1S/C18H23N3O3S2/c1-26(23,24)15-7-5-6-14-16(15)19-18(25-14)21-11-8-13(12-21)17(22)20-9-3-2-4-10-20/h5-7,13H,2-4,8-12H2,1H3. The molecule has 3 heterocycles. The number of carbonyl (C=O) groups excluding carboxylic acids is 1. The Labute approximate surface area is 157 Å². The minimum atomic E-state index is -3.31. The minimum absolute atomic E-state index is 0.0227. The van der Waals surface area contributed by atoms with Gasteiger partial charge in [-0.15, -0.1) is 0 Å². The highest BCUT2D eigenvalue weighted by Gasteiger charge is 2.33. The lowest BCUT2D eigenvalue weighted by molar-refractivity contribution is -0.135. The molecule has 1 aromatic heterocycles. The summed E-state index contributed by atoms with van der Waals surface area (Å²) in [7, 11) is -3.31. The van der Waals surface area contributed by atoms with Crippen molar-refractivity contribution in [1.29, 1.82) is 0 Å². The zero-order valence-electron chi connectivity index (χ0n) is 14.8.